The molecule has 0 aromatic heterocycles. The molecule has 1 amide bonds. The SMILES string of the molecule is CC1C[C@@H]2C(C(C)C(=O)Nc3ccc(Cl)cc3)[C@@H]2C1.CC1C[C@@H]2C(C(C)C(=O)O)[C@@H]2C1.Nc1ccc(Cl)cc1.[3H]P([3H])[3H]. The molecule has 5 nitrogen and oxygen atoms in total. The average Bonchev–Trinajstić information content (AvgIpc) is 3.67. The van der Waals surface area contributed by atoms with Crippen LogP contribution in [0, 0.1) is 59.2 Å². The summed E-state index contributed by atoms with van der Waals surface area (Å²) in [5, 5.41) is 13.2. The van der Waals surface area contributed by atoms with Crippen LogP contribution in [0.3, 0.4) is 0 Å². The zero-order valence-electron chi connectivity index (χ0n) is 26.8. The van der Waals surface area contributed by atoms with E-state index in [2.05, 4.69) is 26.1 Å². The van der Waals surface area contributed by atoms with E-state index < -0.39 is 15.7 Å². The summed E-state index contributed by atoms with van der Waals surface area (Å²) in [5.74, 6) is 5.51. The van der Waals surface area contributed by atoms with Crippen molar-refractivity contribution in [1.29, 1.82) is 3.84 Å². The second kappa shape index (κ2) is 13.9. The van der Waals surface area contributed by atoms with E-state index in [0.29, 0.717) is 16.9 Å². The standard InChI is InChI=1S/C16H20ClNO.C10H16O2.C6H6ClN.H3P/c1-9-7-13-14(8-9)15(13)10(2)16(19)18-12-5-3-11(17)4-6-12;1-5-3-7-8(4-5)9(7)6(2)10(11)12;7-5-1-3-6(8)4-2-5;/h3-6,9-10,13-15H,7-8H2,1-2H3,(H,18,19);5-9H,3-4H2,1-2H3,(H,11,12);1-4H,8H2;1H3/t9?,10?,13-,14+,15?;5?,6?,7-,8+,9?;;/i;;;1T3. The summed E-state index contributed by atoms with van der Waals surface area (Å²) in [5.41, 5.74) is 6.95. The fourth-order valence-corrected chi connectivity index (χ4v) is 7.65. The van der Waals surface area contributed by atoms with E-state index in [1.165, 1.54) is 25.7 Å². The van der Waals surface area contributed by atoms with Crippen LogP contribution in [-0.2, 0) is 9.59 Å². The van der Waals surface area contributed by atoms with Crippen molar-refractivity contribution in [2.75, 3.05) is 11.1 Å². The minimum absolute atomic E-state index is 0.104. The molecule has 6 rings (SSSR count). The summed E-state index contributed by atoms with van der Waals surface area (Å²) in [4.78, 5) is 22.9. The number of carboxylic acids is 1. The number of amides is 1. The van der Waals surface area contributed by atoms with E-state index in [-0.39, 0.29) is 17.7 Å². The van der Waals surface area contributed by atoms with E-state index in [1.807, 2.05) is 19.1 Å². The Bertz CT molecular complexity index is 1160. The summed E-state index contributed by atoms with van der Waals surface area (Å²) in [6, 6.07) is 14.4. The third-order valence-corrected chi connectivity index (χ3v) is 9.94. The first-order valence-electron chi connectivity index (χ1n) is 15.6. The van der Waals surface area contributed by atoms with Gasteiger partial charge in [0.05, 0.1) is 9.75 Å². The fraction of sp³-hybridized carbons (Fsp3) is 0.562. The highest BCUT2D eigenvalue weighted by Crippen LogP contribution is 2.63. The van der Waals surface area contributed by atoms with Gasteiger partial charge < -0.3 is 16.2 Å². The Kier molecular flexibility index (Phi) is 9.84. The van der Waals surface area contributed by atoms with Gasteiger partial charge in [-0.15, -0.1) is 0 Å². The van der Waals surface area contributed by atoms with Gasteiger partial charge in [-0.3, -0.25) is 9.59 Å². The molecule has 2 aromatic rings. The summed E-state index contributed by atoms with van der Waals surface area (Å²) < 4.78 is 17.9. The third-order valence-electron chi connectivity index (χ3n) is 9.43. The maximum Gasteiger partial charge on any atom is 0.306 e. The van der Waals surface area contributed by atoms with Crippen LogP contribution in [0.15, 0.2) is 48.5 Å². The lowest BCUT2D eigenvalue weighted by Crippen LogP contribution is -2.23. The molecule has 4 aliphatic rings. The van der Waals surface area contributed by atoms with Gasteiger partial charge in [0.15, 0.2) is 0 Å². The first-order chi connectivity index (χ1) is 20.2. The lowest BCUT2D eigenvalue weighted by molar-refractivity contribution is -0.142. The zero-order chi connectivity index (χ0) is 32.0. The number of nitrogens with two attached hydrogens (primary N) is 1. The van der Waals surface area contributed by atoms with Crippen LogP contribution in [0.2, 0.25) is 10.0 Å². The lowest BCUT2D eigenvalue weighted by atomic mass is 9.94. The highest BCUT2D eigenvalue weighted by Gasteiger charge is 2.58. The van der Waals surface area contributed by atoms with E-state index in [1.54, 1.807) is 36.4 Å². The predicted octanol–water partition coefficient (Wildman–Crippen LogP) is 8.19. The minimum atomic E-state index is -1.87. The maximum atomic E-state index is 12.2. The molecule has 220 valence electrons. The number of carboxylic acid groups (broad SMARTS) is 1. The summed E-state index contributed by atoms with van der Waals surface area (Å²) in [6.45, 7) is 8.52. The largest absolute Gasteiger partial charge is 0.481 e. The molecule has 0 saturated heterocycles. The molecule has 0 spiro atoms. The molecule has 40 heavy (non-hydrogen) atoms. The van der Waals surface area contributed by atoms with Crippen molar-refractivity contribution in [3.63, 3.8) is 0 Å². The minimum Gasteiger partial charge on any atom is -0.481 e. The number of nitrogens with one attached hydrogen (secondary N) is 1. The van der Waals surface area contributed by atoms with Crippen LogP contribution in [0.25, 0.3) is 0 Å². The van der Waals surface area contributed by atoms with Crippen molar-refractivity contribution in [3.8, 4) is 0 Å². The Morgan fingerprint density at radius 1 is 0.850 bits per heavy atom. The second-order valence-corrected chi connectivity index (χ2v) is 13.3. The molecule has 4 N–H and O–H groups in total. The number of fused-ring (bicyclic) bond motifs is 2. The predicted molar refractivity (Wildman–Crippen MR) is 171 cm³/mol. The summed E-state index contributed by atoms with van der Waals surface area (Å²) in [7, 11) is -1.87. The van der Waals surface area contributed by atoms with Crippen molar-refractivity contribution in [1.82, 2.24) is 0 Å². The number of benzene rings is 2. The number of carbonyl (C=O) groups is 2. The number of hydrogen-bond donors (Lipinski definition) is 3. The third kappa shape index (κ3) is 8.14. The molecule has 0 heterocycles. The fourth-order valence-electron chi connectivity index (χ4n) is 7.40. The van der Waals surface area contributed by atoms with Crippen LogP contribution >= 0.6 is 32.9 Å². The molecule has 4 fully saturated rings. The molecule has 4 saturated carbocycles. The number of hydrogen-bond acceptors (Lipinski definition) is 3. The molecule has 0 radical (unpaired) electrons. The lowest BCUT2D eigenvalue weighted by Gasteiger charge is -2.15. The average molecular weight is 614 g/mol. The van der Waals surface area contributed by atoms with Crippen LogP contribution in [0.1, 0.15) is 53.4 Å². The van der Waals surface area contributed by atoms with E-state index in [9.17, 15) is 9.59 Å². The molecule has 10 atom stereocenters. The molecular weight excluding hydrogens is 562 g/mol. The molecule has 0 bridgehead atoms. The van der Waals surface area contributed by atoms with Gasteiger partial charge in [0.25, 0.3) is 0 Å². The van der Waals surface area contributed by atoms with Crippen LogP contribution in [0.4, 0.5) is 11.4 Å². The quantitative estimate of drug-likeness (QED) is 0.234. The Morgan fingerprint density at radius 2 is 1.23 bits per heavy atom. The first kappa shape index (κ1) is 28.3. The van der Waals surface area contributed by atoms with Gasteiger partial charge in [-0.2, -0.15) is 9.73 Å². The van der Waals surface area contributed by atoms with Crippen molar-refractivity contribution in [2.45, 2.75) is 53.4 Å². The van der Waals surface area contributed by atoms with Gasteiger partial charge in [0.1, 0.15) is 0 Å². The Hall–Kier alpha value is -1.81. The normalized spacial score (nSPS) is 32.8. The maximum absolute atomic E-state index is 12.2. The summed E-state index contributed by atoms with van der Waals surface area (Å²) in [6.07, 6.45) is 5.17. The zero-order valence-corrected chi connectivity index (χ0v) is 26.2. The molecule has 2 aromatic carbocycles. The number of carbonyl (C=O) groups excluding carboxylic acids is 1. The van der Waals surface area contributed by atoms with Crippen molar-refractivity contribution < 1.29 is 14.7 Å². The van der Waals surface area contributed by atoms with Gasteiger partial charge in [-0.1, -0.05) is 50.9 Å². The Morgan fingerprint density at radius 3 is 1.60 bits per heavy atom. The molecule has 0 aliphatic heterocycles. The van der Waals surface area contributed by atoms with E-state index in [0.717, 1.165) is 51.9 Å². The summed E-state index contributed by atoms with van der Waals surface area (Å²) >= 11 is 11.4. The van der Waals surface area contributed by atoms with Crippen LogP contribution < -0.4 is 11.1 Å². The Balaban J connectivity index is 0.000000180. The highest BCUT2D eigenvalue weighted by molar-refractivity contribution is 6.92. The molecule has 8 heteroatoms. The monoisotopic (exact) mass is 612 g/mol. The molecule has 4 aliphatic carbocycles. The van der Waals surface area contributed by atoms with Gasteiger partial charge in [-0.25, -0.2) is 0 Å². The number of aliphatic carboxylic acids is 1. The molecular formula is C32H45Cl2N2O3P. The van der Waals surface area contributed by atoms with Gasteiger partial charge in [0, 0.05) is 27.3 Å². The van der Waals surface area contributed by atoms with Gasteiger partial charge >= 0.3 is 5.97 Å². The smallest absolute Gasteiger partial charge is 0.306 e. The van der Waals surface area contributed by atoms with Gasteiger partial charge in [-0.05, 0) is 122 Å². The topological polar surface area (TPSA) is 92.4 Å². The number of rotatable bonds is 5. The molecule has 6 unspecified atom stereocenters. The van der Waals surface area contributed by atoms with Crippen molar-refractivity contribution in [3.05, 3.63) is 58.6 Å². The van der Waals surface area contributed by atoms with Crippen LogP contribution in [0.5, 0.6) is 0 Å². The number of halogens is 2. The Labute approximate surface area is 256 Å². The van der Waals surface area contributed by atoms with E-state index >= 15 is 0 Å². The van der Waals surface area contributed by atoms with E-state index in [4.69, 9.17) is 37.9 Å². The number of anilines is 2. The van der Waals surface area contributed by atoms with Crippen LogP contribution in [-0.4, -0.2) is 20.8 Å². The first-order valence-corrected chi connectivity index (χ1v) is 15.0. The highest BCUT2D eigenvalue weighted by atomic mass is 35.5. The van der Waals surface area contributed by atoms with Crippen molar-refractivity contribution in [2.24, 2.45) is 59.2 Å². The number of nitrogen functional groups attached to an aromatic ring is 1. The second-order valence-electron chi connectivity index (χ2n) is 12.4. The van der Waals surface area contributed by atoms with Crippen molar-refractivity contribution >= 4 is 56.2 Å². The van der Waals surface area contributed by atoms with Gasteiger partial charge in [0.2, 0.25) is 5.91 Å².